The van der Waals surface area contributed by atoms with Crippen molar-refractivity contribution < 1.29 is 9.52 Å². The summed E-state index contributed by atoms with van der Waals surface area (Å²) in [5, 5.41) is 10.1. The van der Waals surface area contributed by atoms with E-state index < -0.39 is 6.10 Å². The van der Waals surface area contributed by atoms with Crippen molar-refractivity contribution in [2.75, 3.05) is 0 Å². The molecular weight excluding hydrogens is 212 g/mol. The summed E-state index contributed by atoms with van der Waals surface area (Å²) >= 11 is 0. The SMILES string of the molecule is CCC(CC)CC(O)c1ccc(C2CC2C)o1. The van der Waals surface area contributed by atoms with Crippen LogP contribution in [0.1, 0.15) is 70.0 Å². The molecule has 1 aromatic heterocycles. The van der Waals surface area contributed by atoms with Gasteiger partial charge in [-0.1, -0.05) is 33.6 Å². The number of aliphatic hydroxyl groups excluding tert-OH is 1. The van der Waals surface area contributed by atoms with E-state index in [9.17, 15) is 5.11 Å². The van der Waals surface area contributed by atoms with Crippen LogP contribution in [0.25, 0.3) is 0 Å². The maximum atomic E-state index is 10.1. The predicted molar refractivity (Wildman–Crippen MR) is 68.9 cm³/mol. The zero-order valence-electron chi connectivity index (χ0n) is 11.1. The van der Waals surface area contributed by atoms with Gasteiger partial charge in [-0.2, -0.15) is 0 Å². The highest BCUT2D eigenvalue weighted by molar-refractivity contribution is 5.18. The molecule has 96 valence electrons. The molecule has 1 heterocycles. The summed E-state index contributed by atoms with van der Waals surface area (Å²) in [6.07, 6.45) is 3.87. The van der Waals surface area contributed by atoms with Crippen molar-refractivity contribution in [1.29, 1.82) is 0 Å². The van der Waals surface area contributed by atoms with Crippen LogP contribution < -0.4 is 0 Å². The van der Waals surface area contributed by atoms with Crippen molar-refractivity contribution in [1.82, 2.24) is 0 Å². The molecule has 0 aromatic carbocycles. The molecular formula is C15H24O2. The molecule has 3 atom stereocenters. The molecule has 1 N–H and O–H groups in total. The van der Waals surface area contributed by atoms with E-state index in [1.165, 1.54) is 6.42 Å². The van der Waals surface area contributed by atoms with E-state index in [1.54, 1.807) is 0 Å². The molecule has 1 aliphatic carbocycles. The second-order valence-electron chi connectivity index (χ2n) is 5.49. The molecule has 0 radical (unpaired) electrons. The Morgan fingerprint density at radius 2 is 2.00 bits per heavy atom. The third kappa shape index (κ3) is 2.92. The molecule has 1 saturated carbocycles. The van der Waals surface area contributed by atoms with Crippen molar-refractivity contribution in [3.8, 4) is 0 Å². The molecule has 3 unspecified atom stereocenters. The number of hydrogen-bond donors (Lipinski definition) is 1. The molecule has 1 aromatic rings. The van der Waals surface area contributed by atoms with Crippen molar-refractivity contribution in [3.63, 3.8) is 0 Å². The van der Waals surface area contributed by atoms with E-state index in [0.29, 0.717) is 11.8 Å². The Labute approximate surface area is 104 Å². The maximum absolute atomic E-state index is 10.1. The Kier molecular flexibility index (Phi) is 3.93. The molecule has 0 amide bonds. The van der Waals surface area contributed by atoms with Gasteiger partial charge in [-0.3, -0.25) is 0 Å². The fourth-order valence-corrected chi connectivity index (χ4v) is 2.52. The van der Waals surface area contributed by atoms with Gasteiger partial charge in [0.05, 0.1) is 0 Å². The van der Waals surface area contributed by atoms with Gasteiger partial charge in [0.15, 0.2) is 0 Å². The topological polar surface area (TPSA) is 33.4 Å². The number of aliphatic hydroxyl groups is 1. The highest BCUT2D eigenvalue weighted by atomic mass is 16.4. The highest BCUT2D eigenvalue weighted by Gasteiger charge is 2.36. The Balaban J connectivity index is 1.94. The van der Waals surface area contributed by atoms with Gasteiger partial charge in [0.2, 0.25) is 0 Å². The first-order chi connectivity index (χ1) is 8.15. The van der Waals surface area contributed by atoms with Gasteiger partial charge in [0.25, 0.3) is 0 Å². The quantitative estimate of drug-likeness (QED) is 0.800. The zero-order valence-corrected chi connectivity index (χ0v) is 11.1. The van der Waals surface area contributed by atoms with E-state index in [0.717, 1.165) is 36.7 Å². The van der Waals surface area contributed by atoms with Crippen molar-refractivity contribution in [3.05, 3.63) is 23.7 Å². The minimum absolute atomic E-state index is 0.428. The fraction of sp³-hybridized carbons (Fsp3) is 0.733. The van der Waals surface area contributed by atoms with E-state index in [1.807, 2.05) is 12.1 Å². The smallest absolute Gasteiger partial charge is 0.132 e. The maximum Gasteiger partial charge on any atom is 0.132 e. The van der Waals surface area contributed by atoms with E-state index >= 15 is 0 Å². The summed E-state index contributed by atoms with van der Waals surface area (Å²) < 4.78 is 5.78. The summed E-state index contributed by atoms with van der Waals surface area (Å²) in [6, 6.07) is 3.99. The van der Waals surface area contributed by atoms with E-state index in [4.69, 9.17) is 4.42 Å². The second kappa shape index (κ2) is 5.26. The van der Waals surface area contributed by atoms with Crippen LogP contribution in [-0.4, -0.2) is 5.11 Å². The second-order valence-corrected chi connectivity index (χ2v) is 5.49. The lowest BCUT2D eigenvalue weighted by Gasteiger charge is -2.15. The third-order valence-corrected chi connectivity index (χ3v) is 4.16. The first kappa shape index (κ1) is 12.7. The summed E-state index contributed by atoms with van der Waals surface area (Å²) in [5.74, 6) is 3.77. The van der Waals surface area contributed by atoms with Crippen LogP contribution >= 0.6 is 0 Å². The molecule has 0 saturated heterocycles. The minimum atomic E-state index is -0.428. The van der Waals surface area contributed by atoms with Crippen LogP contribution in [0.5, 0.6) is 0 Å². The molecule has 2 nitrogen and oxygen atoms in total. The van der Waals surface area contributed by atoms with E-state index in [2.05, 4.69) is 20.8 Å². The average Bonchev–Trinajstić information content (AvgIpc) is 2.87. The first-order valence-corrected chi connectivity index (χ1v) is 6.93. The standard InChI is InChI=1S/C15H24O2/c1-4-11(5-2)9-13(16)15-7-6-14(17-15)12-8-10(12)3/h6-7,10-13,16H,4-5,8-9H2,1-3H3. The Hall–Kier alpha value is -0.760. The number of furan rings is 1. The monoisotopic (exact) mass is 236 g/mol. The molecule has 2 heteroatoms. The zero-order chi connectivity index (χ0) is 12.4. The highest BCUT2D eigenvalue weighted by Crippen LogP contribution is 2.47. The minimum Gasteiger partial charge on any atom is -0.463 e. The fourth-order valence-electron chi connectivity index (χ4n) is 2.52. The Morgan fingerprint density at radius 3 is 2.53 bits per heavy atom. The Bertz CT molecular complexity index is 352. The van der Waals surface area contributed by atoms with Crippen molar-refractivity contribution >= 4 is 0 Å². The normalized spacial score (nSPS) is 25.2. The first-order valence-electron chi connectivity index (χ1n) is 6.93. The molecule has 0 spiro atoms. The lowest BCUT2D eigenvalue weighted by molar-refractivity contribution is 0.116. The van der Waals surface area contributed by atoms with Gasteiger partial charge in [0.1, 0.15) is 17.6 Å². The van der Waals surface area contributed by atoms with Gasteiger partial charge in [-0.15, -0.1) is 0 Å². The predicted octanol–water partition coefficient (Wildman–Crippen LogP) is 4.26. The molecule has 1 fully saturated rings. The van der Waals surface area contributed by atoms with Crippen LogP contribution in [0.3, 0.4) is 0 Å². The molecule has 1 aliphatic rings. The van der Waals surface area contributed by atoms with Crippen LogP contribution in [0, 0.1) is 11.8 Å². The van der Waals surface area contributed by atoms with Crippen molar-refractivity contribution in [2.45, 2.75) is 58.5 Å². The van der Waals surface area contributed by atoms with Gasteiger partial charge in [0, 0.05) is 5.92 Å². The largest absolute Gasteiger partial charge is 0.463 e. The lowest BCUT2D eigenvalue weighted by atomic mass is 9.95. The number of rotatable bonds is 6. The summed E-state index contributed by atoms with van der Waals surface area (Å²) in [7, 11) is 0. The summed E-state index contributed by atoms with van der Waals surface area (Å²) in [5.41, 5.74) is 0. The van der Waals surface area contributed by atoms with Crippen LogP contribution in [0.4, 0.5) is 0 Å². The van der Waals surface area contributed by atoms with E-state index in [-0.39, 0.29) is 0 Å². The number of hydrogen-bond acceptors (Lipinski definition) is 2. The molecule has 17 heavy (non-hydrogen) atoms. The molecule has 0 bridgehead atoms. The van der Waals surface area contributed by atoms with Gasteiger partial charge in [-0.05, 0) is 36.8 Å². The Morgan fingerprint density at radius 1 is 1.35 bits per heavy atom. The van der Waals surface area contributed by atoms with Crippen molar-refractivity contribution in [2.24, 2.45) is 11.8 Å². The van der Waals surface area contributed by atoms with Crippen LogP contribution in [0.2, 0.25) is 0 Å². The lowest BCUT2D eigenvalue weighted by Crippen LogP contribution is -2.05. The van der Waals surface area contributed by atoms with Gasteiger partial charge in [-0.25, -0.2) is 0 Å². The third-order valence-electron chi connectivity index (χ3n) is 4.16. The van der Waals surface area contributed by atoms with Crippen LogP contribution in [0.15, 0.2) is 16.5 Å². The summed E-state index contributed by atoms with van der Waals surface area (Å²) in [6.45, 7) is 6.61. The molecule has 0 aliphatic heterocycles. The van der Waals surface area contributed by atoms with Crippen LogP contribution in [-0.2, 0) is 0 Å². The summed E-state index contributed by atoms with van der Waals surface area (Å²) in [4.78, 5) is 0. The average molecular weight is 236 g/mol. The van der Waals surface area contributed by atoms with Gasteiger partial charge < -0.3 is 9.52 Å². The van der Waals surface area contributed by atoms with Gasteiger partial charge >= 0.3 is 0 Å². The molecule has 2 rings (SSSR count).